The Morgan fingerprint density at radius 1 is 1.03 bits per heavy atom. The first kappa shape index (κ1) is 22.4. The van der Waals surface area contributed by atoms with Crippen LogP contribution in [0.5, 0.6) is 5.75 Å². The number of carbonyl (C=O) groups is 2. The number of anilines is 1. The van der Waals surface area contributed by atoms with Crippen molar-refractivity contribution in [3.05, 3.63) is 95.3 Å². The molecule has 1 aliphatic heterocycles. The summed E-state index contributed by atoms with van der Waals surface area (Å²) in [5.41, 5.74) is 1.04. The van der Waals surface area contributed by atoms with Crippen LogP contribution in [0.2, 0.25) is 0 Å². The van der Waals surface area contributed by atoms with Crippen LogP contribution in [0, 0.1) is 6.92 Å². The van der Waals surface area contributed by atoms with E-state index in [2.05, 4.69) is 5.16 Å². The van der Waals surface area contributed by atoms with Crippen molar-refractivity contribution in [3.8, 4) is 5.75 Å². The van der Waals surface area contributed by atoms with E-state index < -0.39 is 17.7 Å². The molecule has 3 aromatic carbocycles. The number of hydrogen-bond donors (Lipinski definition) is 1. The van der Waals surface area contributed by atoms with Crippen molar-refractivity contribution in [1.29, 1.82) is 0 Å². The van der Waals surface area contributed by atoms with E-state index in [1.807, 2.05) is 43.3 Å². The molecule has 1 atom stereocenters. The highest BCUT2D eigenvalue weighted by atomic mass is 16.5. The quantitative estimate of drug-likeness (QED) is 0.227. The van der Waals surface area contributed by atoms with Crippen LogP contribution in [0.25, 0.3) is 16.5 Å². The molecule has 7 nitrogen and oxygen atoms in total. The molecule has 1 amide bonds. The summed E-state index contributed by atoms with van der Waals surface area (Å²) in [4.78, 5) is 27.8. The minimum atomic E-state index is -0.906. The summed E-state index contributed by atoms with van der Waals surface area (Å²) in [6.45, 7) is 4.24. The molecule has 1 aromatic heterocycles. The molecule has 1 N–H and O–H groups in total. The number of aromatic nitrogens is 1. The van der Waals surface area contributed by atoms with Gasteiger partial charge in [-0.2, -0.15) is 0 Å². The first-order valence-corrected chi connectivity index (χ1v) is 11.4. The van der Waals surface area contributed by atoms with Crippen molar-refractivity contribution in [2.45, 2.75) is 26.3 Å². The minimum absolute atomic E-state index is 0.0152. The highest BCUT2D eigenvalue weighted by molar-refractivity contribution is 6.51. The van der Waals surface area contributed by atoms with Gasteiger partial charge in [0.05, 0.1) is 18.2 Å². The largest absolute Gasteiger partial charge is 0.507 e. The number of benzene rings is 3. The van der Waals surface area contributed by atoms with Crippen LogP contribution in [0.15, 0.2) is 82.9 Å². The fourth-order valence-electron chi connectivity index (χ4n) is 4.34. The van der Waals surface area contributed by atoms with Crippen LogP contribution < -0.4 is 9.64 Å². The number of nitrogens with zero attached hydrogens (tertiary/aromatic N) is 2. The number of aliphatic hydroxyl groups is 1. The molecule has 7 heteroatoms. The van der Waals surface area contributed by atoms with Crippen LogP contribution in [-0.2, 0) is 9.59 Å². The average Bonchev–Trinajstić information content (AvgIpc) is 3.42. The monoisotopic (exact) mass is 468 g/mol. The van der Waals surface area contributed by atoms with Crippen molar-refractivity contribution in [2.75, 3.05) is 11.5 Å². The van der Waals surface area contributed by atoms with Gasteiger partial charge in [0.15, 0.2) is 5.82 Å². The SMILES string of the molecule is CCCOc1cccc([C@H]2/C(=C(\O)c3ccc4ccccc4c3)C(=O)C(=O)N2c2cc(C)on2)c1. The highest BCUT2D eigenvalue weighted by Crippen LogP contribution is 2.42. The molecular formula is C28H24N2O5. The molecule has 35 heavy (non-hydrogen) atoms. The lowest BCUT2D eigenvalue weighted by atomic mass is 9.94. The number of aryl methyl sites for hydroxylation is 1. The Hall–Kier alpha value is -4.39. The number of amides is 1. The number of aliphatic hydroxyl groups excluding tert-OH is 1. The van der Waals surface area contributed by atoms with Crippen molar-refractivity contribution in [2.24, 2.45) is 0 Å². The number of rotatable bonds is 6. The zero-order valence-corrected chi connectivity index (χ0v) is 19.4. The molecule has 4 aromatic rings. The molecule has 0 aliphatic carbocycles. The third kappa shape index (κ3) is 4.05. The molecule has 0 unspecified atom stereocenters. The van der Waals surface area contributed by atoms with Crippen molar-refractivity contribution in [1.82, 2.24) is 5.16 Å². The highest BCUT2D eigenvalue weighted by Gasteiger charge is 2.48. The Morgan fingerprint density at radius 3 is 2.57 bits per heavy atom. The zero-order chi connectivity index (χ0) is 24.5. The van der Waals surface area contributed by atoms with Crippen molar-refractivity contribution >= 4 is 34.0 Å². The van der Waals surface area contributed by atoms with Gasteiger partial charge in [0, 0.05) is 11.6 Å². The van der Waals surface area contributed by atoms with E-state index in [0.29, 0.717) is 29.2 Å². The molecule has 176 valence electrons. The van der Waals surface area contributed by atoms with E-state index in [4.69, 9.17) is 9.26 Å². The fourth-order valence-corrected chi connectivity index (χ4v) is 4.34. The number of ether oxygens (including phenoxy) is 1. The van der Waals surface area contributed by atoms with Gasteiger partial charge < -0.3 is 14.4 Å². The van der Waals surface area contributed by atoms with Gasteiger partial charge in [-0.25, -0.2) is 0 Å². The molecule has 1 aliphatic rings. The maximum absolute atomic E-state index is 13.3. The van der Waals surface area contributed by atoms with Crippen LogP contribution in [0.3, 0.4) is 0 Å². The molecular weight excluding hydrogens is 444 g/mol. The molecule has 0 saturated carbocycles. The molecule has 0 spiro atoms. The summed E-state index contributed by atoms with van der Waals surface area (Å²) in [5, 5.41) is 17.3. The van der Waals surface area contributed by atoms with E-state index in [0.717, 1.165) is 17.2 Å². The Kier molecular flexibility index (Phi) is 5.82. The van der Waals surface area contributed by atoms with Crippen molar-refractivity contribution < 1.29 is 24.0 Å². The van der Waals surface area contributed by atoms with Crippen molar-refractivity contribution in [3.63, 3.8) is 0 Å². The van der Waals surface area contributed by atoms with Gasteiger partial charge in [-0.3, -0.25) is 14.5 Å². The third-order valence-corrected chi connectivity index (χ3v) is 5.98. The first-order chi connectivity index (χ1) is 17.0. The van der Waals surface area contributed by atoms with Crippen LogP contribution in [0.4, 0.5) is 5.82 Å². The second-order valence-electron chi connectivity index (χ2n) is 8.45. The Bertz CT molecular complexity index is 1470. The fraction of sp³-hybridized carbons (Fsp3) is 0.179. The Balaban J connectivity index is 1.69. The number of ketones is 1. The van der Waals surface area contributed by atoms with Gasteiger partial charge >= 0.3 is 5.91 Å². The van der Waals surface area contributed by atoms with E-state index in [1.54, 1.807) is 43.3 Å². The van der Waals surface area contributed by atoms with Crippen LogP contribution in [-0.4, -0.2) is 28.6 Å². The summed E-state index contributed by atoms with van der Waals surface area (Å²) in [6.07, 6.45) is 0.836. The summed E-state index contributed by atoms with van der Waals surface area (Å²) < 4.78 is 11.0. The third-order valence-electron chi connectivity index (χ3n) is 5.98. The maximum atomic E-state index is 13.3. The Morgan fingerprint density at radius 2 is 1.83 bits per heavy atom. The lowest BCUT2D eigenvalue weighted by molar-refractivity contribution is -0.132. The lowest BCUT2D eigenvalue weighted by Crippen LogP contribution is -2.29. The number of Topliss-reactive ketones (excluding diaryl/α,β-unsaturated/α-hetero) is 1. The predicted octanol–water partition coefficient (Wildman–Crippen LogP) is 5.55. The first-order valence-electron chi connectivity index (χ1n) is 11.4. The molecule has 0 radical (unpaired) electrons. The number of hydrogen-bond acceptors (Lipinski definition) is 6. The number of fused-ring (bicyclic) bond motifs is 1. The molecule has 1 saturated heterocycles. The van der Waals surface area contributed by atoms with Gasteiger partial charge in [-0.1, -0.05) is 60.6 Å². The summed E-state index contributed by atoms with van der Waals surface area (Å²) in [5.74, 6) is -0.521. The smallest absolute Gasteiger partial charge is 0.301 e. The predicted molar refractivity (Wildman–Crippen MR) is 132 cm³/mol. The van der Waals surface area contributed by atoms with Crippen LogP contribution >= 0.6 is 0 Å². The number of carbonyl (C=O) groups excluding carboxylic acids is 2. The topological polar surface area (TPSA) is 92.9 Å². The minimum Gasteiger partial charge on any atom is -0.507 e. The normalized spacial score (nSPS) is 17.3. The zero-order valence-electron chi connectivity index (χ0n) is 19.4. The molecule has 5 rings (SSSR count). The molecule has 1 fully saturated rings. The second-order valence-corrected chi connectivity index (χ2v) is 8.45. The lowest BCUT2D eigenvalue weighted by Gasteiger charge is -2.23. The van der Waals surface area contributed by atoms with E-state index in [9.17, 15) is 14.7 Å². The molecule has 0 bridgehead atoms. The van der Waals surface area contributed by atoms with Gasteiger partial charge in [-0.15, -0.1) is 0 Å². The maximum Gasteiger partial charge on any atom is 0.301 e. The Labute approximate surface area is 202 Å². The van der Waals surface area contributed by atoms with E-state index in [-0.39, 0.29) is 17.2 Å². The van der Waals surface area contributed by atoms with Crippen LogP contribution in [0.1, 0.15) is 36.3 Å². The summed E-state index contributed by atoms with van der Waals surface area (Å²) in [6, 6.07) is 21.0. The second kappa shape index (κ2) is 9.10. The van der Waals surface area contributed by atoms with Gasteiger partial charge in [0.2, 0.25) is 0 Å². The molecule has 2 heterocycles. The average molecular weight is 469 g/mol. The van der Waals surface area contributed by atoms with Gasteiger partial charge in [0.25, 0.3) is 5.78 Å². The summed E-state index contributed by atoms with van der Waals surface area (Å²) >= 11 is 0. The van der Waals surface area contributed by atoms with Gasteiger partial charge in [0.1, 0.15) is 17.3 Å². The van der Waals surface area contributed by atoms with E-state index >= 15 is 0 Å². The van der Waals surface area contributed by atoms with Gasteiger partial charge in [-0.05, 0) is 47.9 Å². The standard InChI is InChI=1S/C28H24N2O5/c1-3-13-34-22-10-6-9-20(16-22)25-24(27(32)28(33)30(25)23-14-17(2)35-29-23)26(31)21-12-11-18-7-4-5-8-19(18)15-21/h4-12,14-16,25,31H,3,13H2,1-2H3/b26-24+/t25-/m0/s1. The summed E-state index contributed by atoms with van der Waals surface area (Å²) in [7, 11) is 0. The van der Waals surface area contributed by atoms with E-state index in [1.165, 1.54) is 4.90 Å².